The second-order valence-electron chi connectivity index (χ2n) is 7.44. The predicted molar refractivity (Wildman–Crippen MR) is 115 cm³/mol. The molecule has 0 aromatic heterocycles. The minimum Gasteiger partial charge on any atom is -0.342 e. The van der Waals surface area contributed by atoms with Crippen molar-refractivity contribution in [1.29, 1.82) is 0 Å². The van der Waals surface area contributed by atoms with E-state index < -0.39 is 18.1 Å². The summed E-state index contributed by atoms with van der Waals surface area (Å²) in [5.41, 5.74) is 1.47. The molecule has 2 aliphatic rings. The molecule has 4 amide bonds. The van der Waals surface area contributed by atoms with Gasteiger partial charge in [0.15, 0.2) is 0 Å². The Labute approximate surface area is 183 Å². The van der Waals surface area contributed by atoms with Crippen LogP contribution in [0.3, 0.4) is 0 Å². The molecule has 2 aliphatic heterocycles. The molecule has 9 heteroatoms. The first-order chi connectivity index (χ1) is 14.4. The SMILES string of the molecule is O=C(Nc1cccc(Cl)c1)N[C@H]1C[C@H]2C(=O)N[C@@H](Cc3ccc(Cl)cc3)C(=O)N2C1. The van der Waals surface area contributed by atoms with Crippen LogP contribution >= 0.6 is 23.2 Å². The standard InChI is InChI=1S/C21H20Cl2N4O3/c22-13-6-4-12(5-7-13)8-17-20(29)27-11-16(10-18(27)19(28)26-17)25-21(30)24-15-3-1-2-14(23)9-15/h1-7,9,16-18H,8,10-11H2,(H,26,28)(H2,24,25,30)/t16-,17-,18-/m0/s1. The number of rotatable bonds is 4. The second kappa shape index (κ2) is 8.53. The summed E-state index contributed by atoms with van der Waals surface area (Å²) in [6.45, 7) is 0.289. The smallest absolute Gasteiger partial charge is 0.319 e. The van der Waals surface area contributed by atoms with Gasteiger partial charge in [-0.2, -0.15) is 0 Å². The lowest BCUT2D eigenvalue weighted by molar-refractivity contribution is -0.147. The zero-order valence-corrected chi connectivity index (χ0v) is 17.4. The molecule has 0 unspecified atom stereocenters. The lowest BCUT2D eigenvalue weighted by atomic mass is 10.0. The van der Waals surface area contributed by atoms with Crippen molar-refractivity contribution < 1.29 is 14.4 Å². The topological polar surface area (TPSA) is 90.5 Å². The largest absolute Gasteiger partial charge is 0.342 e. The van der Waals surface area contributed by atoms with E-state index in [-0.39, 0.29) is 24.4 Å². The fourth-order valence-corrected chi connectivity index (χ4v) is 4.19. The van der Waals surface area contributed by atoms with E-state index in [2.05, 4.69) is 16.0 Å². The van der Waals surface area contributed by atoms with Crippen LogP contribution in [0.15, 0.2) is 48.5 Å². The third-order valence-electron chi connectivity index (χ3n) is 5.27. The summed E-state index contributed by atoms with van der Waals surface area (Å²) < 4.78 is 0. The van der Waals surface area contributed by atoms with Crippen molar-refractivity contribution in [2.24, 2.45) is 0 Å². The van der Waals surface area contributed by atoms with Crippen LogP contribution in [-0.2, 0) is 16.0 Å². The summed E-state index contributed by atoms with van der Waals surface area (Å²) in [5, 5.41) is 9.48. The minimum atomic E-state index is -0.631. The number of nitrogens with zero attached hydrogens (tertiary/aromatic N) is 1. The van der Waals surface area contributed by atoms with Gasteiger partial charge in [0.2, 0.25) is 11.8 Å². The van der Waals surface area contributed by atoms with Crippen LogP contribution in [0, 0.1) is 0 Å². The fraction of sp³-hybridized carbons (Fsp3) is 0.286. The van der Waals surface area contributed by atoms with E-state index in [1.807, 2.05) is 12.1 Å². The Hall–Kier alpha value is -2.77. The molecule has 7 nitrogen and oxygen atoms in total. The number of hydrogen-bond acceptors (Lipinski definition) is 3. The molecule has 0 radical (unpaired) electrons. The van der Waals surface area contributed by atoms with E-state index in [9.17, 15) is 14.4 Å². The van der Waals surface area contributed by atoms with Crippen molar-refractivity contribution in [3.63, 3.8) is 0 Å². The zero-order chi connectivity index (χ0) is 21.3. The Bertz CT molecular complexity index is 982. The van der Waals surface area contributed by atoms with Crippen molar-refractivity contribution in [2.75, 3.05) is 11.9 Å². The van der Waals surface area contributed by atoms with E-state index in [1.165, 1.54) is 0 Å². The number of nitrogens with one attached hydrogen (secondary N) is 3. The number of piperazine rings is 1. The molecule has 4 rings (SSSR count). The van der Waals surface area contributed by atoms with Crippen molar-refractivity contribution >= 4 is 46.7 Å². The molecule has 156 valence electrons. The average Bonchev–Trinajstić information content (AvgIpc) is 3.12. The Kier molecular flexibility index (Phi) is 5.83. The molecule has 0 bridgehead atoms. The molecule has 30 heavy (non-hydrogen) atoms. The Morgan fingerprint density at radius 3 is 2.60 bits per heavy atom. The van der Waals surface area contributed by atoms with Crippen LogP contribution < -0.4 is 16.0 Å². The van der Waals surface area contributed by atoms with Crippen LogP contribution in [0.1, 0.15) is 12.0 Å². The normalized spacial score (nSPS) is 23.0. The van der Waals surface area contributed by atoms with Crippen LogP contribution in [-0.4, -0.2) is 47.4 Å². The van der Waals surface area contributed by atoms with Crippen molar-refractivity contribution in [2.45, 2.75) is 31.0 Å². The third-order valence-corrected chi connectivity index (χ3v) is 5.76. The van der Waals surface area contributed by atoms with E-state index in [0.29, 0.717) is 28.6 Å². The monoisotopic (exact) mass is 446 g/mol. The quantitative estimate of drug-likeness (QED) is 0.674. The van der Waals surface area contributed by atoms with E-state index in [1.54, 1.807) is 41.3 Å². The van der Waals surface area contributed by atoms with E-state index >= 15 is 0 Å². The Morgan fingerprint density at radius 1 is 1.10 bits per heavy atom. The second-order valence-corrected chi connectivity index (χ2v) is 8.31. The Morgan fingerprint density at radius 2 is 1.87 bits per heavy atom. The maximum absolute atomic E-state index is 12.9. The van der Waals surface area contributed by atoms with Crippen LogP contribution in [0.2, 0.25) is 10.0 Å². The number of urea groups is 1. The summed E-state index contributed by atoms with van der Waals surface area (Å²) in [4.78, 5) is 39.4. The molecule has 2 saturated heterocycles. The minimum absolute atomic E-state index is 0.144. The summed E-state index contributed by atoms with van der Waals surface area (Å²) in [5.74, 6) is -0.345. The highest BCUT2D eigenvalue weighted by atomic mass is 35.5. The molecule has 2 aromatic carbocycles. The molecular formula is C21H20Cl2N4O3. The first-order valence-electron chi connectivity index (χ1n) is 9.57. The lowest BCUT2D eigenvalue weighted by Gasteiger charge is -2.34. The molecule has 2 heterocycles. The van der Waals surface area contributed by atoms with Gasteiger partial charge in [-0.25, -0.2) is 4.79 Å². The van der Waals surface area contributed by atoms with Crippen LogP contribution in [0.4, 0.5) is 10.5 Å². The van der Waals surface area contributed by atoms with E-state index in [0.717, 1.165) is 5.56 Å². The average molecular weight is 447 g/mol. The first-order valence-corrected chi connectivity index (χ1v) is 10.3. The number of carbonyl (C=O) groups is 3. The molecule has 0 aliphatic carbocycles. The van der Waals surface area contributed by atoms with Gasteiger partial charge in [0.05, 0.1) is 6.04 Å². The summed E-state index contributed by atoms with van der Waals surface area (Å²) in [6, 6.07) is 12.0. The van der Waals surface area contributed by atoms with Gasteiger partial charge in [0, 0.05) is 28.7 Å². The number of anilines is 1. The third kappa shape index (κ3) is 4.52. The fourth-order valence-electron chi connectivity index (χ4n) is 3.88. The van der Waals surface area contributed by atoms with Gasteiger partial charge in [-0.15, -0.1) is 0 Å². The number of carbonyl (C=O) groups excluding carboxylic acids is 3. The number of amides is 4. The molecule has 2 aromatic rings. The van der Waals surface area contributed by atoms with Gasteiger partial charge in [-0.05, 0) is 42.3 Å². The van der Waals surface area contributed by atoms with Crippen LogP contribution in [0.5, 0.6) is 0 Å². The number of benzene rings is 2. The predicted octanol–water partition coefficient (Wildman–Crippen LogP) is 2.83. The molecule has 0 saturated carbocycles. The van der Waals surface area contributed by atoms with Crippen molar-refractivity contribution in [3.8, 4) is 0 Å². The summed E-state index contributed by atoms with van der Waals surface area (Å²) in [7, 11) is 0. The van der Waals surface area contributed by atoms with Gasteiger partial charge >= 0.3 is 6.03 Å². The van der Waals surface area contributed by atoms with Gasteiger partial charge in [-0.3, -0.25) is 9.59 Å². The molecule has 2 fully saturated rings. The highest BCUT2D eigenvalue weighted by molar-refractivity contribution is 6.31. The van der Waals surface area contributed by atoms with Crippen molar-refractivity contribution in [3.05, 3.63) is 64.1 Å². The maximum atomic E-state index is 12.9. The summed E-state index contributed by atoms with van der Waals surface area (Å²) >= 11 is 11.8. The van der Waals surface area contributed by atoms with E-state index in [4.69, 9.17) is 23.2 Å². The highest BCUT2D eigenvalue weighted by Gasteiger charge is 2.46. The maximum Gasteiger partial charge on any atom is 0.319 e. The summed E-state index contributed by atoms with van der Waals surface area (Å²) in [6.07, 6.45) is 0.756. The molecule has 0 spiro atoms. The number of hydrogen-bond donors (Lipinski definition) is 3. The molecular weight excluding hydrogens is 427 g/mol. The van der Waals surface area contributed by atoms with Crippen LogP contribution in [0.25, 0.3) is 0 Å². The Balaban J connectivity index is 1.37. The van der Waals surface area contributed by atoms with Gasteiger partial charge in [0.25, 0.3) is 0 Å². The zero-order valence-electron chi connectivity index (χ0n) is 15.9. The molecule has 3 atom stereocenters. The number of halogens is 2. The van der Waals surface area contributed by atoms with Gasteiger partial charge in [0.1, 0.15) is 12.1 Å². The van der Waals surface area contributed by atoms with Gasteiger partial charge < -0.3 is 20.9 Å². The van der Waals surface area contributed by atoms with Crippen molar-refractivity contribution in [1.82, 2.24) is 15.5 Å². The van der Waals surface area contributed by atoms with Gasteiger partial charge in [-0.1, -0.05) is 41.4 Å². The highest BCUT2D eigenvalue weighted by Crippen LogP contribution is 2.24. The molecule has 3 N–H and O–H groups in total. The number of fused-ring (bicyclic) bond motifs is 1. The first kappa shape index (κ1) is 20.5. The lowest BCUT2D eigenvalue weighted by Crippen LogP contribution is -2.61.